The molecule has 2 aromatic rings. The van der Waals surface area contributed by atoms with E-state index in [2.05, 4.69) is 4.98 Å². The number of anilines is 1. The first-order valence-corrected chi connectivity index (χ1v) is 5.47. The van der Waals surface area contributed by atoms with Crippen molar-refractivity contribution in [3.05, 3.63) is 36.0 Å². The van der Waals surface area contributed by atoms with Crippen LogP contribution in [0.25, 0.3) is 10.9 Å². The topological polar surface area (TPSA) is 53.4 Å². The second-order valence-corrected chi connectivity index (χ2v) is 3.86. The monoisotopic (exact) mass is 230 g/mol. The molecule has 2 rings (SSSR count). The number of carboxylic acids is 1. The van der Waals surface area contributed by atoms with Crippen LogP contribution < -0.4 is 4.90 Å². The van der Waals surface area contributed by atoms with Crippen molar-refractivity contribution in [2.45, 2.75) is 6.92 Å². The number of benzene rings is 1. The van der Waals surface area contributed by atoms with Gasteiger partial charge < -0.3 is 10.0 Å². The zero-order chi connectivity index (χ0) is 12.4. The molecule has 0 saturated heterocycles. The number of carbonyl (C=O) groups is 1. The molecule has 0 aliphatic heterocycles. The van der Waals surface area contributed by atoms with Crippen LogP contribution in [0, 0.1) is 0 Å². The van der Waals surface area contributed by atoms with Gasteiger partial charge in [-0.1, -0.05) is 18.2 Å². The normalized spacial score (nSPS) is 10.5. The lowest BCUT2D eigenvalue weighted by molar-refractivity contribution is 0.0697. The van der Waals surface area contributed by atoms with E-state index in [4.69, 9.17) is 0 Å². The summed E-state index contributed by atoms with van der Waals surface area (Å²) in [6, 6.07) is 7.57. The van der Waals surface area contributed by atoms with Gasteiger partial charge in [-0.15, -0.1) is 0 Å². The first kappa shape index (κ1) is 11.4. The molecule has 1 aromatic carbocycles. The van der Waals surface area contributed by atoms with Crippen molar-refractivity contribution in [3.63, 3.8) is 0 Å². The first-order chi connectivity index (χ1) is 8.15. The second-order valence-electron chi connectivity index (χ2n) is 3.86. The molecule has 0 saturated carbocycles. The van der Waals surface area contributed by atoms with Crippen LogP contribution in [0.3, 0.4) is 0 Å². The molecule has 0 bridgehead atoms. The number of aromatic carboxylic acids is 1. The minimum Gasteiger partial charge on any atom is -0.478 e. The van der Waals surface area contributed by atoms with E-state index in [0.717, 1.165) is 23.1 Å². The Kier molecular flexibility index (Phi) is 2.95. The van der Waals surface area contributed by atoms with Crippen LogP contribution in [0.5, 0.6) is 0 Å². The van der Waals surface area contributed by atoms with Crippen LogP contribution in [0.15, 0.2) is 30.5 Å². The highest BCUT2D eigenvalue weighted by Gasteiger charge is 2.16. The molecule has 0 aliphatic carbocycles. The molecule has 0 amide bonds. The van der Waals surface area contributed by atoms with E-state index in [9.17, 15) is 9.90 Å². The lowest BCUT2D eigenvalue weighted by Crippen LogP contribution is -2.19. The molecule has 0 aliphatic rings. The zero-order valence-corrected chi connectivity index (χ0v) is 9.84. The SMILES string of the molecule is CCN(C)c1c(C(=O)O)cnc2ccccc12. The quantitative estimate of drug-likeness (QED) is 0.879. The summed E-state index contributed by atoms with van der Waals surface area (Å²) in [5.74, 6) is -0.946. The predicted octanol–water partition coefficient (Wildman–Crippen LogP) is 2.39. The van der Waals surface area contributed by atoms with Gasteiger partial charge in [-0.3, -0.25) is 4.98 Å². The summed E-state index contributed by atoms with van der Waals surface area (Å²) in [6.07, 6.45) is 1.42. The Morgan fingerprint density at radius 1 is 1.41 bits per heavy atom. The second kappa shape index (κ2) is 4.41. The van der Waals surface area contributed by atoms with Gasteiger partial charge in [0.25, 0.3) is 0 Å². The number of fused-ring (bicyclic) bond motifs is 1. The van der Waals surface area contributed by atoms with Crippen molar-refractivity contribution in [1.29, 1.82) is 0 Å². The minimum atomic E-state index is -0.946. The fourth-order valence-electron chi connectivity index (χ4n) is 1.85. The van der Waals surface area contributed by atoms with Gasteiger partial charge in [-0.25, -0.2) is 4.79 Å². The van der Waals surface area contributed by atoms with Crippen LogP contribution in [0.1, 0.15) is 17.3 Å². The van der Waals surface area contributed by atoms with Gasteiger partial charge in [-0.2, -0.15) is 0 Å². The number of hydrogen-bond acceptors (Lipinski definition) is 3. The van der Waals surface area contributed by atoms with E-state index in [-0.39, 0.29) is 5.56 Å². The number of nitrogens with zero attached hydrogens (tertiary/aromatic N) is 2. The molecule has 0 atom stereocenters. The molecule has 4 nitrogen and oxygen atoms in total. The van der Waals surface area contributed by atoms with E-state index in [0.29, 0.717) is 0 Å². The molecule has 4 heteroatoms. The molecule has 1 N–H and O–H groups in total. The molecule has 0 spiro atoms. The largest absolute Gasteiger partial charge is 0.478 e. The van der Waals surface area contributed by atoms with Gasteiger partial charge in [0.05, 0.1) is 11.2 Å². The van der Waals surface area contributed by atoms with E-state index >= 15 is 0 Å². The third-order valence-corrected chi connectivity index (χ3v) is 2.83. The maximum Gasteiger partial charge on any atom is 0.339 e. The average molecular weight is 230 g/mol. The minimum absolute atomic E-state index is 0.244. The summed E-state index contributed by atoms with van der Waals surface area (Å²) in [5, 5.41) is 10.1. The van der Waals surface area contributed by atoms with Crippen LogP contribution >= 0.6 is 0 Å². The number of aromatic nitrogens is 1. The fraction of sp³-hybridized carbons (Fsp3) is 0.231. The highest BCUT2D eigenvalue weighted by Crippen LogP contribution is 2.28. The summed E-state index contributed by atoms with van der Waals surface area (Å²) >= 11 is 0. The van der Waals surface area contributed by atoms with E-state index in [1.807, 2.05) is 43.1 Å². The summed E-state index contributed by atoms with van der Waals surface area (Å²) in [4.78, 5) is 17.3. The number of carboxylic acid groups (broad SMARTS) is 1. The van der Waals surface area contributed by atoms with Gasteiger partial charge in [0.1, 0.15) is 5.56 Å². The Balaban J connectivity index is 2.79. The highest BCUT2D eigenvalue weighted by molar-refractivity contribution is 6.04. The number of rotatable bonds is 3. The predicted molar refractivity (Wildman–Crippen MR) is 67.6 cm³/mol. The fourth-order valence-corrected chi connectivity index (χ4v) is 1.85. The summed E-state index contributed by atoms with van der Waals surface area (Å²) in [7, 11) is 1.88. The molecule has 1 aromatic heterocycles. The number of pyridine rings is 1. The number of hydrogen-bond donors (Lipinski definition) is 1. The standard InChI is InChI=1S/C13H14N2O2/c1-3-15(2)12-9-6-4-5-7-11(9)14-8-10(12)13(16)17/h4-8H,3H2,1-2H3,(H,16,17). The molecular formula is C13H14N2O2. The lowest BCUT2D eigenvalue weighted by Gasteiger charge is -2.20. The molecular weight excluding hydrogens is 216 g/mol. The van der Waals surface area contributed by atoms with Crippen LogP contribution in [-0.2, 0) is 0 Å². The van der Waals surface area contributed by atoms with Crippen molar-refractivity contribution < 1.29 is 9.90 Å². The Labute approximate surface area is 99.5 Å². The van der Waals surface area contributed by atoms with E-state index in [1.165, 1.54) is 6.20 Å². The van der Waals surface area contributed by atoms with Crippen molar-refractivity contribution in [3.8, 4) is 0 Å². The summed E-state index contributed by atoms with van der Waals surface area (Å²) in [6.45, 7) is 2.73. The van der Waals surface area contributed by atoms with Gasteiger partial charge >= 0.3 is 5.97 Å². The van der Waals surface area contributed by atoms with Crippen molar-refractivity contribution in [2.24, 2.45) is 0 Å². The molecule has 0 unspecified atom stereocenters. The van der Waals surface area contributed by atoms with Crippen LogP contribution in [-0.4, -0.2) is 29.7 Å². The molecule has 0 radical (unpaired) electrons. The zero-order valence-electron chi connectivity index (χ0n) is 9.84. The Hall–Kier alpha value is -2.10. The molecule has 17 heavy (non-hydrogen) atoms. The molecule has 0 fully saturated rings. The van der Waals surface area contributed by atoms with Crippen molar-refractivity contribution in [2.75, 3.05) is 18.5 Å². The third kappa shape index (κ3) is 1.93. The first-order valence-electron chi connectivity index (χ1n) is 5.47. The Morgan fingerprint density at radius 3 is 2.76 bits per heavy atom. The summed E-state index contributed by atoms with van der Waals surface area (Å²) < 4.78 is 0. The highest BCUT2D eigenvalue weighted by atomic mass is 16.4. The van der Waals surface area contributed by atoms with Crippen molar-refractivity contribution >= 4 is 22.6 Å². The summed E-state index contributed by atoms with van der Waals surface area (Å²) in [5.41, 5.74) is 1.78. The smallest absolute Gasteiger partial charge is 0.339 e. The van der Waals surface area contributed by atoms with Gasteiger partial charge in [0.2, 0.25) is 0 Å². The van der Waals surface area contributed by atoms with E-state index < -0.39 is 5.97 Å². The third-order valence-electron chi connectivity index (χ3n) is 2.83. The average Bonchev–Trinajstić information content (AvgIpc) is 2.36. The lowest BCUT2D eigenvalue weighted by atomic mass is 10.1. The van der Waals surface area contributed by atoms with Crippen molar-refractivity contribution in [1.82, 2.24) is 4.98 Å². The maximum atomic E-state index is 11.2. The van der Waals surface area contributed by atoms with E-state index in [1.54, 1.807) is 0 Å². The van der Waals surface area contributed by atoms with Gasteiger partial charge in [0.15, 0.2) is 0 Å². The number of para-hydroxylation sites is 1. The van der Waals surface area contributed by atoms with Crippen LogP contribution in [0.4, 0.5) is 5.69 Å². The molecule has 1 heterocycles. The molecule has 88 valence electrons. The van der Waals surface area contributed by atoms with Gasteiger partial charge in [0, 0.05) is 25.2 Å². The Bertz CT molecular complexity index is 566. The van der Waals surface area contributed by atoms with Crippen LogP contribution in [0.2, 0.25) is 0 Å². The maximum absolute atomic E-state index is 11.2. The van der Waals surface area contributed by atoms with Gasteiger partial charge in [-0.05, 0) is 13.0 Å². The Morgan fingerprint density at radius 2 is 2.12 bits per heavy atom.